The lowest BCUT2D eigenvalue weighted by Gasteiger charge is -2.29. The number of benzene rings is 2. The Morgan fingerprint density at radius 3 is 2.57 bits per heavy atom. The maximum absolute atomic E-state index is 12.4. The molecule has 4 nitrogen and oxygen atoms in total. The van der Waals surface area contributed by atoms with E-state index in [1.807, 2.05) is 57.2 Å². The van der Waals surface area contributed by atoms with Crippen molar-refractivity contribution in [3.8, 4) is 0 Å². The van der Waals surface area contributed by atoms with E-state index in [1.54, 1.807) is 4.90 Å². The summed E-state index contributed by atoms with van der Waals surface area (Å²) in [6.07, 6.45) is -0.368. The van der Waals surface area contributed by atoms with Crippen LogP contribution in [0.15, 0.2) is 42.5 Å². The zero-order chi connectivity index (χ0) is 16.6. The smallest absolute Gasteiger partial charge is 0.410 e. The highest BCUT2D eigenvalue weighted by Crippen LogP contribution is 2.34. The first kappa shape index (κ1) is 15.8. The average Bonchev–Trinajstić information content (AvgIpc) is 2.87. The number of aliphatic hydroxyl groups is 1. The maximum atomic E-state index is 12.4. The number of carbonyl (C=O) groups excluding carboxylic acids is 1. The van der Waals surface area contributed by atoms with Gasteiger partial charge in [-0.15, -0.1) is 0 Å². The molecule has 4 heteroatoms. The highest BCUT2D eigenvalue weighted by molar-refractivity contribution is 5.83. The van der Waals surface area contributed by atoms with Crippen molar-refractivity contribution >= 4 is 16.9 Å². The monoisotopic (exact) mass is 313 g/mol. The van der Waals surface area contributed by atoms with Gasteiger partial charge in [-0.2, -0.15) is 0 Å². The molecule has 0 aromatic heterocycles. The molecule has 122 valence electrons. The van der Waals surface area contributed by atoms with Crippen LogP contribution in [0.5, 0.6) is 0 Å². The standard InChI is InChI=1S/C19H23NO3/c1-19(2,3)23-18(22)20-11-10-16(21)17(20)15-9-8-13-6-4-5-7-14(13)12-15/h4-9,12,16-17,21H,10-11H2,1-3H3/t16-,17-/m0/s1. The van der Waals surface area contributed by atoms with E-state index < -0.39 is 11.7 Å². The molecule has 0 aliphatic carbocycles. The van der Waals surface area contributed by atoms with Crippen molar-refractivity contribution in [1.82, 2.24) is 4.90 Å². The van der Waals surface area contributed by atoms with Gasteiger partial charge in [-0.3, -0.25) is 4.90 Å². The van der Waals surface area contributed by atoms with Crippen LogP contribution in [-0.2, 0) is 4.74 Å². The van der Waals surface area contributed by atoms with Crippen LogP contribution < -0.4 is 0 Å². The predicted octanol–water partition coefficient (Wildman–Crippen LogP) is 3.88. The Balaban J connectivity index is 1.92. The van der Waals surface area contributed by atoms with E-state index >= 15 is 0 Å². The number of carbonyl (C=O) groups is 1. The summed E-state index contributed by atoms with van der Waals surface area (Å²) >= 11 is 0. The van der Waals surface area contributed by atoms with Crippen molar-refractivity contribution in [3.63, 3.8) is 0 Å². The minimum Gasteiger partial charge on any atom is -0.444 e. The highest BCUT2D eigenvalue weighted by atomic mass is 16.6. The van der Waals surface area contributed by atoms with Crippen LogP contribution >= 0.6 is 0 Å². The lowest BCUT2D eigenvalue weighted by molar-refractivity contribution is 0.0152. The van der Waals surface area contributed by atoms with E-state index in [4.69, 9.17) is 4.74 Å². The molecule has 1 amide bonds. The number of ether oxygens (including phenoxy) is 1. The van der Waals surface area contributed by atoms with Crippen LogP contribution in [0.4, 0.5) is 4.79 Å². The van der Waals surface area contributed by atoms with Crippen LogP contribution in [0.2, 0.25) is 0 Å². The summed E-state index contributed by atoms with van der Waals surface area (Å²) < 4.78 is 5.49. The van der Waals surface area contributed by atoms with E-state index in [1.165, 1.54) is 0 Å². The first-order valence-corrected chi connectivity index (χ1v) is 8.01. The molecule has 2 aromatic carbocycles. The SMILES string of the molecule is CC(C)(C)OC(=O)N1CC[C@H](O)[C@@H]1c1ccc2ccccc2c1. The second-order valence-electron chi connectivity index (χ2n) is 7.08. The molecule has 1 saturated heterocycles. The third-order valence-electron chi connectivity index (χ3n) is 4.11. The molecule has 0 spiro atoms. The van der Waals surface area contributed by atoms with Gasteiger partial charge in [0.05, 0.1) is 12.1 Å². The number of amides is 1. The van der Waals surface area contributed by atoms with E-state index in [2.05, 4.69) is 6.07 Å². The van der Waals surface area contributed by atoms with Gasteiger partial charge in [-0.25, -0.2) is 4.79 Å². The van der Waals surface area contributed by atoms with Gasteiger partial charge in [0.25, 0.3) is 0 Å². The predicted molar refractivity (Wildman–Crippen MR) is 90.3 cm³/mol. The molecule has 1 fully saturated rings. The Morgan fingerprint density at radius 2 is 1.87 bits per heavy atom. The van der Waals surface area contributed by atoms with Crippen molar-refractivity contribution < 1.29 is 14.6 Å². The maximum Gasteiger partial charge on any atom is 0.410 e. The lowest BCUT2D eigenvalue weighted by Crippen LogP contribution is -2.38. The molecule has 0 saturated carbocycles. The largest absolute Gasteiger partial charge is 0.444 e. The fourth-order valence-corrected chi connectivity index (χ4v) is 3.10. The first-order valence-electron chi connectivity index (χ1n) is 8.01. The fourth-order valence-electron chi connectivity index (χ4n) is 3.10. The summed E-state index contributed by atoms with van der Waals surface area (Å²) in [4.78, 5) is 14.1. The Morgan fingerprint density at radius 1 is 1.17 bits per heavy atom. The van der Waals surface area contributed by atoms with Gasteiger partial charge in [0.15, 0.2) is 0 Å². The topological polar surface area (TPSA) is 49.8 Å². The Kier molecular flexibility index (Phi) is 4.02. The zero-order valence-electron chi connectivity index (χ0n) is 13.8. The molecular weight excluding hydrogens is 290 g/mol. The highest BCUT2D eigenvalue weighted by Gasteiger charge is 2.39. The summed E-state index contributed by atoms with van der Waals surface area (Å²) in [5.74, 6) is 0. The molecule has 3 rings (SSSR count). The Hall–Kier alpha value is -2.07. The molecule has 23 heavy (non-hydrogen) atoms. The molecule has 2 aromatic rings. The fraction of sp³-hybridized carbons (Fsp3) is 0.421. The molecule has 1 heterocycles. The van der Waals surface area contributed by atoms with E-state index in [-0.39, 0.29) is 12.1 Å². The summed E-state index contributed by atoms with van der Waals surface area (Å²) in [6, 6.07) is 13.8. The Bertz CT molecular complexity index is 720. The minimum atomic E-state index is -0.566. The summed E-state index contributed by atoms with van der Waals surface area (Å²) in [5, 5.41) is 12.6. The first-order chi connectivity index (χ1) is 10.8. The minimum absolute atomic E-state index is 0.352. The number of hydrogen-bond donors (Lipinski definition) is 1. The molecule has 1 aliphatic rings. The van der Waals surface area contributed by atoms with Crippen LogP contribution in [-0.4, -0.2) is 34.3 Å². The van der Waals surface area contributed by atoms with Crippen LogP contribution in [0.3, 0.4) is 0 Å². The summed E-state index contributed by atoms with van der Waals surface area (Å²) in [7, 11) is 0. The summed E-state index contributed by atoms with van der Waals surface area (Å²) in [6.45, 7) is 6.06. The van der Waals surface area contributed by atoms with E-state index in [0.29, 0.717) is 13.0 Å². The molecule has 1 N–H and O–H groups in total. The van der Waals surface area contributed by atoms with Gasteiger partial charge < -0.3 is 9.84 Å². The van der Waals surface area contributed by atoms with Crippen molar-refractivity contribution in [1.29, 1.82) is 0 Å². The van der Waals surface area contributed by atoms with Crippen molar-refractivity contribution in [2.75, 3.05) is 6.54 Å². The number of hydrogen-bond acceptors (Lipinski definition) is 3. The molecular formula is C19H23NO3. The van der Waals surface area contributed by atoms with Crippen molar-refractivity contribution in [2.45, 2.75) is 44.9 Å². The zero-order valence-corrected chi connectivity index (χ0v) is 13.8. The molecule has 0 bridgehead atoms. The van der Waals surface area contributed by atoms with Gasteiger partial charge in [0.1, 0.15) is 5.60 Å². The van der Waals surface area contributed by atoms with Crippen LogP contribution in [0, 0.1) is 0 Å². The third kappa shape index (κ3) is 3.32. The lowest BCUT2D eigenvalue weighted by atomic mass is 9.99. The average molecular weight is 313 g/mol. The third-order valence-corrected chi connectivity index (χ3v) is 4.11. The Labute approximate surface area is 136 Å². The van der Waals surface area contributed by atoms with Gasteiger partial charge in [0, 0.05) is 6.54 Å². The molecule has 2 atom stereocenters. The normalized spacial score (nSPS) is 21.7. The van der Waals surface area contributed by atoms with Crippen LogP contribution in [0.25, 0.3) is 10.8 Å². The number of aliphatic hydroxyl groups excluding tert-OH is 1. The number of rotatable bonds is 1. The summed E-state index contributed by atoms with van der Waals surface area (Å²) in [5.41, 5.74) is 0.401. The van der Waals surface area contributed by atoms with Crippen molar-refractivity contribution in [3.05, 3.63) is 48.0 Å². The van der Waals surface area contributed by atoms with Gasteiger partial charge in [-0.05, 0) is 49.6 Å². The van der Waals surface area contributed by atoms with Gasteiger partial charge >= 0.3 is 6.09 Å². The van der Waals surface area contributed by atoms with E-state index in [0.717, 1.165) is 16.3 Å². The number of likely N-dealkylation sites (tertiary alicyclic amines) is 1. The molecule has 0 radical (unpaired) electrons. The molecule has 1 aliphatic heterocycles. The number of fused-ring (bicyclic) bond motifs is 1. The van der Waals surface area contributed by atoms with Crippen LogP contribution in [0.1, 0.15) is 38.8 Å². The quantitative estimate of drug-likeness (QED) is 0.869. The van der Waals surface area contributed by atoms with Crippen molar-refractivity contribution in [2.24, 2.45) is 0 Å². The second-order valence-corrected chi connectivity index (χ2v) is 7.08. The van der Waals surface area contributed by atoms with E-state index in [9.17, 15) is 9.90 Å². The second kappa shape index (κ2) is 5.85. The van der Waals surface area contributed by atoms with Gasteiger partial charge in [-0.1, -0.05) is 36.4 Å². The molecule has 0 unspecified atom stereocenters. The number of nitrogens with zero attached hydrogens (tertiary/aromatic N) is 1. The van der Waals surface area contributed by atoms with Gasteiger partial charge in [0.2, 0.25) is 0 Å².